The zero-order chi connectivity index (χ0) is 22.2. The standard InChI is InChI=1S/C22H15Cl2N5OS2/c1-2-9-28-20(15-8-7-13(23)10-16(15)24)26-27-22(28)31-12-14-11-19(30)29-17-5-3-4-6-18(17)32-21(29)25-14/h2-8,10-11H,1,9,12H2. The van der Waals surface area contributed by atoms with Gasteiger partial charge in [0, 0.05) is 29.0 Å². The van der Waals surface area contributed by atoms with Gasteiger partial charge in [0.1, 0.15) is 0 Å². The second-order valence-corrected chi connectivity index (χ2v) is 9.69. The van der Waals surface area contributed by atoms with Crippen LogP contribution in [0.2, 0.25) is 10.0 Å². The molecule has 0 aliphatic rings. The first kappa shape index (κ1) is 21.2. The molecule has 0 bridgehead atoms. The fourth-order valence-corrected chi connectivity index (χ4v) is 5.78. The molecule has 0 unspecified atom stereocenters. The Bertz CT molecular complexity index is 1540. The van der Waals surface area contributed by atoms with E-state index in [-0.39, 0.29) is 5.56 Å². The molecule has 0 atom stereocenters. The van der Waals surface area contributed by atoms with Crippen molar-refractivity contribution in [2.45, 2.75) is 17.5 Å². The van der Waals surface area contributed by atoms with Gasteiger partial charge in [0.25, 0.3) is 5.56 Å². The number of rotatable bonds is 6. The van der Waals surface area contributed by atoms with Crippen LogP contribution in [0.3, 0.4) is 0 Å². The van der Waals surface area contributed by atoms with E-state index in [4.69, 9.17) is 28.2 Å². The summed E-state index contributed by atoms with van der Waals surface area (Å²) < 4.78 is 4.60. The smallest absolute Gasteiger partial charge is 0.259 e. The van der Waals surface area contributed by atoms with Gasteiger partial charge in [-0.3, -0.25) is 13.8 Å². The highest BCUT2D eigenvalue weighted by Crippen LogP contribution is 2.32. The average Bonchev–Trinajstić information content (AvgIpc) is 3.34. The molecule has 0 saturated heterocycles. The molecule has 2 aromatic carbocycles. The summed E-state index contributed by atoms with van der Waals surface area (Å²) in [4.78, 5) is 18.1. The van der Waals surface area contributed by atoms with Gasteiger partial charge in [0.05, 0.1) is 20.9 Å². The third-order valence-corrected chi connectivity index (χ3v) is 7.37. The molecule has 0 N–H and O–H groups in total. The molecule has 0 radical (unpaired) electrons. The number of para-hydroxylation sites is 1. The van der Waals surface area contributed by atoms with Crippen LogP contribution in [-0.4, -0.2) is 24.1 Å². The Morgan fingerprint density at radius 2 is 1.97 bits per heavy atom. The van der Waals surface area contributed by atoms with Crippen LogP contribution in [0.25, 0.3) is 26.6 Å². The molecule has 3 heterocycles. The summed E-state index contributed by atoms with van der Waals surface area (Å²) in [6.07, 6.45) is 1.77. The van der Waals surface area contributed by atoms with E-state index >= 15 is 0 Å². The number of thiazole rings is 1. The number of thioether (sulfide) groups is 1. The average molecular weight is 500 g/mol. The van der Waals surface area contributed by atoms with Crippen molar-refractivity contribution >= 4 is 61.5 Å². The Balaban J connectivity index is 1.47. The quantitative estimate of drug-likeness (QED) is 0.213. The van der Waals surface area contributed by atoms with Crippen LogP contribution < -0.4 is 5.56 Å². The van der Waals surface area contributed by atoms with E-state index in [1.165, 1.54) is 23.1 Å². The third kappa shape index (κ3) is 3.84. The van der Waals surface area contributed by atoms with Crippen LogP contribution in [0.5, 0.6) is 0 Å². The molecule has 0 aliphatic carbocycles. The normalized spacial score (nSPS) is 11.4. The molecule has 6 nitrogen and oxygen atoms in total. The summed E-state index contributed by atoms with van der Waals surface area (Å²) in [6.45, 7) is 4.35. The zero-order valence-corrected chi connectivity index (χ0v) is 19.7. The summed E-state index contributed by atoms with van der Waals surface area (Å²) in [6, 6.07) is 14.6. The lowest BCUT2D eigenvalue weighted by atomic mass is 10.2. The van der Waals surface area contributed by atoms with Gasteiger partial charge in [-0.2, -0.15) is 0 Å². The monoisotopic (exact) mass is 499 g/mol. The van der Waals surface area contributed by atoms with Gasteiger partial charge in [-0.15, -0.1) is 16.8 Å². The Labute approximate surface area is 201 Å². The van der Waals surface area contributed by atoms with Gasteiger partial charge in [-0.1, -0.05) is 64.5 Å². The van der Waals surface area contributed by atoms with Crippen molar-refractivity contribution in [3.63, 3.8) is 0 Å². The highest BCUT2D eigenvalue weighted by atomic mass is 35.5. The maximum absolute atomic E-state index is 12.8. The van der Waals surface area contributed by atoms with Crippen molar-refractivity contribution in [3.8, 4) is 11.4 Å². The predicted molar refractivity (Wildman–Crippen MR) is 132 cm³/mol. The van der Waals surface area contributed by atoms with Crippen molar-refractivity contribution in [2.24, 2.45) is 0 Å². The summed E-state index contributed by atoms with van der Waals surface area (Å²) in [7, 11) is 0. The molecular formula is C22H15Cl2N5OS2. The molecule has 0 aliphatic heterocycles. The fraction of sp³-hybridized carbons (Fsp3) is 0.0909. The van der Waals surface area contributed by atoms with E-state index in [0.29, 0.717) is 44.0 Å². The third-order valence-electron chi connectivity index (χ3n) is 4.80. The lowest BCUT2D eigenvalue weighted by Gasteiger charge is -2.09. The second kappa shape index (κ2) is 8.71. The highest BCUT2D eigenvalue weighted by molar-refractivity contribution is 7.98. The number of hydrogen-bond acceptors (Lipinski definition) is 6. The summed E-state index contributed by atoms with van der Waals surface area (Å²) in [5.74, 6) is 1.10. The SMILES string of the molecule is C=CCn1c(SCc2cc(=O)n3c(n2)sc2ccccc23)nnc1-c1ccc(Cl)cc1Cl. The van der Waals surface area contributed by atoms with Crippen molar-refractivity contribution < 1.29 is 0 Å². The van der Waals surface area contributed by atoms with E-state index in [1.807, 2.05) is 34.9 Å². The maximum Gasteiger partial charge on any atom is 0.259 e. The molecule has 0 amide bonds. The summed E-state index contributed by atoms with van der Waals surface area (Å²) in [5, 5.41) is 10.4. The fourth-order valence-electron chi connectivity index (χ4n) is 3.39. The van der Waals surface area contributed by atoms with Crippen LogP contribution in [0, 0.1) is 0 Å². The van der Waals surface area contributed by atoms with Crippen molar-refractivity contribution in [1.29, 1.82) is 0 Å². The van der Waals surface area contributed by atoms with Crippen LogP contribution in [0.15, 0.2) is 71.1 Å². The lowest BCUT2D eigenvalue weighted by Crippen LogP contribution is -2.13. The van der Waals surface area contributed by atoms with Crippen molar-refractivity contribution in [1.82, 2.24) is 24.1 Å². The Hall–Kier alpha value is -2.65. The molecule has 5 aromatic rings. The number of allylic oxidation sites excluding steroid dienone is 1. The van der Waals surface area contributed by atoms with Crippen molar-refractivity contribution in [2.75, 3.05) is 0 Å². The van der Waals surface area contributed by atoms with Crippen LogP contribution >= 0.6 is 46.3 Å². The molecule has 0 fully saturated rings. The first-order valence-corrected chi connectivity index (χ1v) is 12.1. The van der Waals surface area contributed by atoms with Crippen LogP contribution in [0.1, 0.15) is 5.69 Å². The number of halogens is 2. The molecule has 3 aromatic heterocycles. The second-order valence-electron chi connectivity index (χ2n) is 6.89. The Kier molecular flexibility index (Phi) is 5.77. The minimum absolute atomic E-state index is 0.0933. The molecule has 10 heteroatoms. The number of aromatic nitrogens is 5. The Morgan fingerprint density at radius 1 is 1.12 bits per heavy atom. The molecule has 0 saturated carbocycles. The molecule has 160 valence electrons. The summed E-state index contributed by atoms with van der Waals surface area (Å²) >= 11 is 15.4. The molecule has 0 spiro atoms. The van der Waals surface area contributed by atoms with Crippen LogP contribution in [0.4, 0.5) is 0 Å². The van der Waals surface area contributed by atoms with E-state index in [2.05, 4.69) is 16.8 Å². The maximum atomic E-state index is 12.8. The Morgan fingerprint density at radius 3 is 2.78 bits per heavy atom. The number of nitrogens with zero attached hydrogens (tertiary/aromatic N) is 5. The number of fused-ring (bicyclic) bond motifs is 3. The van der Waals surface area contributed by atoms with Gasteiger partial charge in [-0.05, 0) is 30.3 Å². The summed E-state index contributed by atoms with van der Waals surface area (Å²) in [5.41, 5.74) is 2.20. The van der Waals surface area contributed by atoms with E-state index in [0.717, 1.165) is 15.8 Å². The topological polar surface area (TPSA) is 65.1 Å². The lowest BCUT2D eigenvalue weighted by molar-refractivity contribution is 0.731. The molecule has 32 heavy (non-hydrogen) atoms. The molecule has 5 rings (SSSR count). The number of hydrogen-bond donors (Lipinski definition) is 0. The minimum Gasteiger partial charge on any atom is -0.298 e. The van der Waals surface area contributed by atoms with Gasteiger partial charge in [0.2, 0.25) is 0 Å². The van der Waals surface area contributed by atoms with Crippen molar-refractivity contribution in [3.05, 3.63) is 87.3 Å². The number of benzene rings is 2. The van der Waals surface area contributed by atoms with E-state index in [9.17, 15) is 4.79 Å². The predicted octanol–water partition coefficient (Wildman–Crippen LogP) is 5.95. The zero-order valence-electron chi connectivity index (χ0n) is 16.5. The van der Waals surface area contributed by atoms with Crippen LogP contribution in [-0.2, 0) is 12.3 Å². The van der Waals surface area contributed by atoms with Gasteiger partial charge < -0.3 is 0 Å². The van der Waals surface area contributed by atoms with Gasteiger partial charge in [-0.25, -0.2) is 4.98 Å². The van der Waals surface area contributed by atoms with E-state index < -0.39 is 0 Å². The first-order chi connectivity index (χ1) is 15.5. The first-order valence-electron chi connectivity index (χ1n) is 9.57. The van der Waals surface area contributed by atoms with E-state index in [1.54, 1.807) is 28.7 Å². The molecular weight excluding hydrogens is 485 g/mol. The largest absolute Gasteiger partial charge is 0.298 e. The highest BCUT2D eigenvalue weighted by Gasteiger charge is 2.17. The minimum atomic E-state index is -0.0933. The van der Waals surface area contributed by atoms with Gasteiger partial charge in [0.15, 0.2) is 15.9 Å². The van der Waals surface area contributed by atoms with Gasteiger partial charge >= 0.3 is 0 Å².